The third-order valence-corrected chi connectivity index (χ3v) is 4.40. The van der Waals surface area contributed by atoms with Crippen molar-refractivity contribution in [2.45, 2.75) is 6.92 Å². The predicted molar refractivity (Wildman–Crippen MR) is 103 cm³/mol. The number of benzene rings is 2. The molecule has 1 heterocycles. The Bertz CT molecular complexity index is 939. The van der Waals surface area contributed by atoms with Gasteiger partial charge in [0.2, 0.25) is 0 Å². The van der Waals surface area contributed by atoms with Crippen LogP contribution in [0.25, 0.3) is 11.4 Å². The average molecular weight is 388 g/mol. The van der Waals surface area contributed by atoms with Crippen molar-refractivity contribution in [1.29, 1.82) is 0 Å². The summed E-state index contributed by atoms with van der Waals surface area (Å²) in [6.07, 6.45) is 1.49. The van der Waals surface area contributed by atoms with Gasteiger partial charge in [-0.2, -0.15) is 0 Å². The van der Waals surface area contributed by atoms with Gasteiger partial charge in [0.15, 0.2) is 5.82 Å². The van der Waals surface area contributed by atoms with E-state index in [1.54, 1.807) is 32.2 Å². The molecule has 0 aliphatic carbocycles. The number of ether oxygens (including phenoxy) is 1. The highest BCUT2D eigenvalue weighted by molar-refractivity contribution is 6.40. The number of aryl methyl sites for hydroxylation is 1. The summed E-state index contributed by atoms with van der Waals surface area (Å²) >= 11 is 12.2. The van der Waals surface area contributed by atoms with E-state index in [0.717, 1.165) is 11.3 Å². The fourth-order valence-electron chi connectivity index (χ4n) is 2.37. The largest absolute Gasteiger partial charge is 0.497 e. The van der Waals surface area contributed by atoms with Gasteiger partial charge in [-0.05, 0) is 43.3 Å². The number of nitrogens with zero attached hydrogens (tertiary/aromatic N) is 2. The van der Waals surface area contributed by atoms with Gasteiger partial charge in [-0.3, -0.25) is 4.79 Å². The van der Waals surface area contributed by atoms with Crippen LogP contribution in [0.3, 0.4) is 0 Å². The highest BCUT2D eigenvalue weighted by Crippen LogP contribution is 2.30. The molecule has 0 bridgehead atoms. The minimum atomic E-state index is -0.376. The molecule has 1 aromatic heterocycles. The second-order valence-corrected chi connectivity index (χ2v) is 6.29. The van der Waals surface area contributed by atoms with Crippen molar-refractivity contribution in [2.24, 2.45) is 0 Å². The molecule has 3 rings (SSSR count). The second kappa shape index (κ2) is 7.72. The Morgan fingerprint density at radius 1 is 1.08 bits per heavy atom. The molecule has 5 nitrogen and oxygen atoms in total. The fraction of sp³-hybridized carbons (Fsp3) is 0.105. The predicted octanol–water partition coefficient (Wildman–Crippen LogP) is 5.02. The Labute approximate surface area is 161 Å². The van der Waals surface area contributed by atoms with Gasteiger partial charge in [-0.1, -0.05) is 29.3 Å². The summed E-state index contributed by atoms with van der Waals surface area (Å²) in [5, 5.41) is 3.43. The molecule has 132 valence electrons. The van der Waals surface area contributed by atoms with Crippen molar-refractivity contribution in [3.63, 3.8) is 0 Å². The van der Waals surface area contributed by atoms with Gasteiger partial charge in [-0.25, -0.2) is 9.97 Å². The van der Waals surface area contributed by atoms with Crippen LogP contribution in [0.15, 0.2) is 48.7 Å². The molecule has 7 heteroatoms. The number of methoxy groups -OCH3 is 1. The SMILES string of the molecule is COc1ccc(-c2ncc(C(=O)Nc3c(Cl)cccc3Cl)c(C)n2)cc1. The maximum atomic E-state index is 12.5. The van der Waals surface area contributed by atoms with Crippen LogP contribution in [0.2, 0.25) is 10.0 Å². The Hall–Kier alpha value is -2.63. The standard InChI is InChI=1S/C19H15Cl2N3O2/c1-11-14(19(25)24-17-15(20)4-3-5-16(17)21)10-22-18(23-11)12-6-8-13(26-2)9-7-12/h3-10H,1-2H3,(H,24,25). The lowest BCUT2D eigenvalue weighted by atomic mass is 10.1. The van der Waals surface area contributed by atoms with Crippen LogP contribution in [0.4, 0.5) is 5.69 Å². The van der Waals surface area contributed by atoms with Gasteiger partial charge in [-0.15, -0.1) is 0 Å². The first kappa shape index (κ1) is 18.2. The molecule has 0 saturated heterocycles. The third-order valence-electron chi connectivity index (χ3n) is 3.77. The van der Waals surface area contributed by atoms with Gasteiger partial charge in [0.25, 0.3) is 5.91 Å². The molecule has 0 radical (unpaired) electrons. The molecule has 0 spiro atoms. The number of amides is 1. The van der Waals surface area contributed by atoms with E-state index in [0.29, 0.717) is 32.8 Å². The van der Waals surface area contributed by atoms with Crippen LogP contribution in [-0.4, -0.2) is 23.0 Å². The molecule has 2 aromatic carbocycles. The number of rotatable bonds is 4. The molecule has 26 heavy (non-hydrogen) atoms. The van der Waals surface area contributed by atoms with Gasteiger partial charge in [0.05, 0.1) is 34.1 Å². The Balaban J connectivity index is 1.86. The summed E-state index contributed by atoms with van der Waals surface area (Å²) in [5.41, 5.74) is 2.08. The maximum Gasteiger partial charge on any atom is 0.259 e. The van der Waals surface area contributed by atoms with Crippen molar-refractivity contribution in [3.8, 4) is 17.1 Å². The molecule has 0 saturated carbocycles. The van der Waals surface area contributed by atoms with Crippen LogP contribution in [-0.2, 0) is 0 Å². The molecule has 0 fully saturated rings. The Kier molecular flexibility index (Phi) is 5.40. The number of nitrogens with one attached hydrogen (secondary N) is 1. The summed E-state index contributed by atoms with van der Waals surface area (Å²) in [6, 6.07) is 12.4. The lowest BCUT2D eigenvalue weighted by Crippen LogP contribution is -2.15. The van der Waals surface area contributed by atoms with Crippen LogP contribution in [0, 0.1) is 6.92 Å². The molecule has 1 N–H and O–H groups in total. The maximum absolute atomic E-state index is 12.5. The highest BCUT2D eigenvalue weighted by Gasteiger charge is 2.15. The normalized spacial score (nSPS) is 10.5. The fourth-order valence-corrected chi connectivity index (χ4v) is 2.86. The minimum absolute atomic E-state index is 0.346. The number of para-hydroxylation sites is 1. The number of aromatic nitrogens is 2. The van der Waals surface area contributed by atoms with Crippen molar-refractivity contribution >= 4 is 34.8 Å². The quantitative estimate of drug-likeness (QED) is 0.682. The van der Waals surface area contributed by atoms with E-state index in [2.05, 4.69) is 15.3 Å². The van der Waals surface area contributed by atoms with E-state index in [1.807, 2.05) is 24.3 Å². The minimum Gasteiger partial charge on any atom is -0.497 e. The molecule has 3 aromatic rings. The van der Waals surface area contributed by atoms with Crippen molar-refractivity contribution in [3.05, 3.63) is 70.0 Å². The van der Waals surface area contributed by atoms with Crippen LogP contribution in [0.5, 0.6) is 5.75 Å². The zero-order valence-electron chi connectivity index (χ0n) is 14.1. The summed E-state index contributed by atoms with van der Waals surface area (Å²) in [4.78, 5) is 21.3. The van der Waals surface area contributed by atoms with Crippen molar-refractivity contribution in [1.82, 2.24) is 9.97 Å². The topological polar surface area (TPSA) is 64.1 Å². The lowest BCUT2D eigenvalue weighted by Gasteiger charge is -2.11. The molecule has 0 aliphatic heterocycles. The molecule has 0 aliphatic rings. The van der Waals surface area contributed by atoms with Crippen molar-refractivity contribution in [2.75, 3.05) is 12.4 Å². The first-order valence-electron chi connectivity index (χ1n) is 7.73. The zero-order chi connectivity index (χ0) is 18.7. The Morgan fingerprint density at radius 3 is 2.31 bits per heavy atom. The smallest absolute Gasteiger partial charge is 0.259 e. The molecule has 0 atom stereocenters. The van der Waals surface area contributed by atoms with Crippen LogP contribution < -0.4 is 10.1 Å². The average Bonchev–Trinajstić information content (AvgIpc) is 2.64. The zero-order valence-corrected chi connectivity index (χ0v) is 15.6. The summed E-state index contributed by atoms with van der Waals surface area (Å²) in [6.45, 7) is 1.75. The van der Waals surface area contributed by atoms with E-state index in [4.69, 9.17) is 27.9 Å². The number of carbonyl (C=O) groups excluding carboxylic acids is 1. The molecule has 0 unspecified atom stereocenters. The third kappa shape index (κ3) is 3.79. The summed E-state index contributed by atoms with van der Waals surface area (Å²) < 4.78 is 5.14. The monoisotopic (exact) mass is 387 g/mol. The van der Waals surface area contributed by atoms with Gasteiger partial charge < -0.3 is 10.1 Å². The highest BCUT2D eigenvalue weighted by atomic mass is 35.5. The van der Waals surface area contributed by atoms with Crippen LogP contribution in [0.1, 0.15) is 16.1 Å². The van der Waals surface area contributed by atoms with E-state index in [9.17, 15) is 4.79 Å². The van der Waals surface area contributed by atoms with E-state index in [-0.39, 0.29) is 5.91 Å². The number of anilines is 1. The number of hydrogen-bond donors (Lipinski definition) is 1. The van der Waals surface area contributed by atoms with Gasteiger partial charge in [0, 0.05) is 11.8 Å². The Morgan fingerprint density at radius 2 is 1.73 bits per heavy atom. The number of hydrogen-bond acceptors (Lipinski definition) is 4. The second-order valence-electron chi connectivity index (χ2n) is 5.47. The molecule has 1 amide bonds. The summed E-state index contributed by atoms with van der Waals surface area (Å²) in [7, 11) is 1.61. The number of carbonyl (C=O) groups is 1. The van der Waals surface area contributed by atoms with E-state index >= 15 is 0 Å². The van der Waals surface area contributed by atoms with Gasteiger partial charge in [0.1, 0.15) is 5.75 Å². The van der Waals surface area contributed by atoms with E-state index < -0.39 is 0 Å². The number of halogens is 2. The van der Waals surface area contributed by atoms with Crippen LogP contribution >= 0.6 is 23.2 Å². The van der Waals surface area contributed by atoms with E-state index in [1.165, 1.54) is 6.20 Å². The van der Waals surface area contributed by atoms with Gasteiger partial charge >= 0.3 is 0 Å². The summed E-state index contributed by atoms with van der Waals surface area (Å²) in [5.74, 6) is 0.898. The molecular formula is C19H15Cl2N3O2. The van der Waals surface area contributed by atoms with Crippen molar-refractivity contribution < 1.29 is 9.53 Å². The molecular weight excluding hydrogens is 373 g/mol. The first-order valence-corrected chi connectivity index (χ1v) is 8.48. The lowest BCUT2D eigenvalue weighted by molar-refractivity contribution is 0.102. The first-order chi connectivity index (χ1) is 12.5.